The molecule has 0 saturated carbocycles. The maximum Gasteiger partial charge on any atom is 0.432 e. The highest BCUT2D eigenvalue weighted by Gasteiger charge is 2.40. The molecule has 0 bridgehead atoms. The van der Waals surface area contributed by atoms with Gasteiger partial charge in [0.15, 0.2) is 0 Å². The van der Waals surface area contributed by atoms with Crippen LogP contribution in [0.15, 0.2) is 22.7 Å². The van der Waals surface area contributed by atoms with E-state index in [0.717, 1.165) is 12.1 Å². The number of nitriles is 1. The molecule has 2 rings (SSSR count). The predicted octanol–water partition coefficient (Wildman–Crippen LogP) is 5.08. The normalized spacial score (nSPS) is 11.6. The van der Waals surface area contributed by atoms with Gasteiger partial charge in [-0.2, -0.15) is 18.4 Å². The molecule has 24 heavy (non-hydrogen) atoms. The molecule has 1 heterocycles. The van der Waals surface area contributed by atoms with E-state index in [0.29, 0.717) is 10.6 Å². The molecule has 0 aliphatic heterocycles. The van der Waals surface area contributed by atoms with Crippen LogP contribution >= 0.6 is 15.9 Å². The lowest BCUT2D eigenvalue weighted by molar-refractivity contribution is -0.146. The van der Waals surface area contributed by atoms with Gasteiger partial charge in [-0.1, -0.05) is 0 Å². The van der Waals surface area contributed by atoms with Crippen molar-refractivity contribution in [1.82, 2.24) is 4.57 Å². The summed E-state index contributed by atoms with van der Waals surface area (Å²) in [6.45, 7) is 1.17. The summed E-state index contributed by atoms with van der Waals surface area (Å²) in [4.78, 5) is 0. The second-order valence-electron chi connectivity index (χ2n) is 4.70. The van der Waals surface area contributed by atoms with E-state index in [4.69, 9.17) is 4.74 Å². The van der Waals surface area contributed by atoms with Crippen molar-refractivity contribution in [1.29, 1.82) is 5.26 Å². The van der Waals surface area contributed by atoms with Crippen LogP contribution in [-0.2, 0) is 17.6 Å². The van der Waals surface area contributed by atoms with Crippen molar-refractivity contribution in [2.45, 2.75) is 19.8 Å². The number of nitrogens with zero attached hydrogens (tertiary/aromatic N) is 2. The lowest BCUT2D eigenvalue weighted by atomic mass is 10.1. The Morgan fingerprint density at radius 1 is 1.21 bits per heavy atom. The number of hydrogen-bond donors (Lipinski definition) is 0. The minimum Gasteiger partial charge on any atom is -0.361 e. The summed E-state index contributed by atoms with van der Waals surface area (Å²) in [5.74, 6) is -1.94. The Kier molecular flexibility index (Phi) is 5.30. The molecule has 0 unspecified atom stereocenters. The third kappa shape index (κ3) is 3.44. The van der Waals surface area contributed by atoms with Crippen molar-refractivity contribution in [2.24, 2.45) is 0 Å². The molecule has 0 aliphatic rings. The summed E-state index contributed by atoms with van der Waals surface area (Å²) in [6, 6.07) is 3.94. The zero-order valence-corrected chi connectivity index (χ0v) is 13.8. The summed E-state index contributed by atoms with van der Waals surface area (Å²) in [5, 5.41) is 9.24. The molecule has 0 amide bonds. The monoisotopic (exact) mass is 408 g/mol. The van der Waals surface area contributed by atoms with Crippen molar-refractivity contribution >= 4 is 15.9 Å². The average molecular weight is 409 g/mol. The largest absolute Gasteiger partial charge is 0.432 e. The Balaban J connectivity index is 2.84. The first-order valence-electron chi connectivity index (χ1n) is 6.64. The van der Waals surface area contributed by atoms with Gasteiger partial charge in [-0.05, 0) is 35.0 Å². The molecule has 0 atom stereocenters. The maximum absolute atomic E-state index is 13.5. The summed E-state index contributed by atoms with van der Waals surface area (Å²) in [5.41, 5.74) is -2.01. The molecule has 3 nitrogen and oxygen atoms in total. The second kappa shape index (κ2) is 6.91. The van der Waals surface area contributed by atoms with Crippen LogP contribution in [0.4, 0.5) is 22.0 Å². The first-order valence-corrected chi connectivity index (χ1v) is 7.43. The van der Waals surface area contributed by atoms with Gasteiger partial charge in [-0.25, -0.2) is 8.78 Å². The third-order valence-corrected chi connectivity index (χ3v) is 3.92. The SMILES string of the molecule is CCOCn1c(-c2cc(F)cc(F)c2)c(C#N)c(Br)c1C(F)(F)F. The molecule has 0 radical (unpaired) electrons. The van der Waals surface area contributed by atoms with Gasteiger partial charge in [-0.15, -0.1) is 0 Å². The van der Waals surface area contributed by atoms with Crippen molar-refractivity contribution in [2.75, 3.05) is 6.61 Å². The van der Waals surface area contributed by atoms with Crippen LogP contribution in [0.1, 0.15) is 18.2 Å². The van der Waals surface area contributed by atoms with E-state index < -0.39 is 34.7 Å². The van der Waals surface area contributed by atoms with Crippen LogP contribution in [0, 0.1) is 23.0 Å². The van der Waals surface area contributed by atoms with Gasteiger partial charge in [0.2, 0.25) is 0 Å². The van der Waals surface area contributed by atoms with E-state index in [1.165, 1.54) is 0 Å². The Morgan fingerprint density at radius 3 is 2.25 bits per heavy atom. The van der Waals surface area contributed by atoms with Gasteiger partial charge in [0.25, 0.3) is 0 Å². The number of hydrogen-bond acceptors (Lipinski definition) is 2. The van der Waals surface area contributed by atoms with Gasteiger partial charge in [-0.3, -0.25) is 0 Å². The minimum atomic E-state index is -4.80. The average Bonchev–Trinajstić information content (AvgIpc) is 2.75. The lowest BCUT2D eigenvalue weighted by Crippen LogP contribution is -2.16. The molecular weight excluding hydrogens is 399 g/mol. The number of rotatable bonds is 4. The first-order chi connectivity index (χ1) is 11.2. The number of halogens is 6. The number of aromatic nitrogens is 1. The molecule has 2 aromatic rings. The van der Waals surface area contributed by atoms with Crippen molar-refractivity contribution < 1.29 is 26.7 Å². The predicted molar refractivity (Wildman–Crippen MR) is 78.8 cm³/mol. The lowest BCUT2D eigenvalue weighted by Gasteiger charge is -2.15. The van der Waals surface area contributed by atoms with Gasteiger partial charge >= 0.3 is 6.18 Å². The van der Waals surface area contributed by atoms with Gasteiger partial charge < -0.3 is 9.30 Å². The fourth-order valence-corrected chi connectivity index (χ4v) is 2.98. The first kappa shape index (κ1) is 18.4. The molecule has 0 spiro atoms. The van der Waals surface area contributed by atoms with Crippen LogP contribution in [0.3, 0.4) is 0 Å². The molecule has 0 aliphatic carbocycles. The van der Waals surface area contributed by atoms with Crippen LogP contribution in [-0.4, -0.2) is 11.2 Å². The van der Waals surface area contributed by atoms with Crippen LogP contribution < -0.4 is 0 Å². The molecule has 0 fully saturated rings. The summed E-state index contributed by atoms with van der Waals surface area (Å²) in [6.07, 6.45) is -4.80. The van der Waals surface area contributed by atoms with E-state index in [1.54, 1.807) is 13.0 Å². The van der Waals surface area contributed by atoms with E-state index >= 15 is 0 Å². The summed E-state index contributed by atoms with van der Waals surface area (Å²) >= 11 is 2.77. The van der Waals surface area contributed by atoms with Gasteiger partial charge in [0, 0.05) is 18.2 Å². The highest BCUT2D eigenvalue weighted by Crippen LogP contribution is 2.43. The molecule has 1 aromatic heterocycles. The fourth-order valence-electron chi connectivity index (χ4n) is 2.27. The molecule has 128 valence electrons. The number of ether oxygens (including phenoxy) is 1. The van der Waals surface area contributed by atoms with Crippen molar-refractivity contribution in [3.05, 3.63) is 45.6 Å². The van der Waals surface area contributed by atoms with E-state index in [9.17, 15) is 27.2 Å². The highest BCUT2D eigenvalue weighted by atomic mass is 79.9. The fraction of sp³-hybridized carbons (Fsp3) is 0.267. The molecule has 9 heteroatoms. The maximum atomic E-state index is 13.5. The molecule has 0 N–H and O–H groups in total. The number of alkyl halides is 3. The van der Waals surface area contributed by atoms with E-state index in [2.05, 4.69) is 15.9 Å². The van der Waals surface area contributed by atoms with Crippen LogP contribution in [0.5, 0.6) is 0 Å². The Hall–Kier alpha value is -1.92. The third-order valence-electron chi connectivity index (χ3n) is 3.14. The van der Waals surface area contributed by atoms with Gasteiger partial charge in [0.1, 0.15) is 30.1 Å². The quantitative estimate of drug-likeness (QED) is 0.661. The van der Waals surface area contributed by atoms with E-state index in [-0.39, 0.29) is 23.4 Å². The summed E-state index contributed by atoms with van der Waals surface area (Å²) in [7, 11) is 0. The second-order valence-corrected chi connectivity index (χ2v) is 5.50. The number of benzene rings is 1. The smallest absolute Gasteiger partial charge is 0.361 e. The molecule has 1 aromatic carbocycles. The van der Waals surface area contributed by atoms with Crippen molar-refractivity contribution in [3.8, 4) is 17.3 Å². The standard InChI is InChI=1S/C15H10BrF5N2O/c1-2-24-7-23-13(8-3-9(17)5-10(18)4-8)11(6-22)12(16)14(23)15(19,20)21/h3-5H,2,7H2,1H3. The zero-order valence-electron chi connectivity index (χ0n) is 12.2. The van der Waals surface area contributed by atoms with Crippen LogP contribution in [0.25, 0.3) is 11.3 Å². The molecule has 0 saturated heterocycles. The minimum absolute atomic E-state index is 0.117. The van der Waals surface area contributed by atoms with Gasteiger partial charge in [0.05, 0.1) is 15.7 Å². The van der Waals surface area contributed by atoms with Crippen LogP contribution in [0.2, 0.25) is 0 Å². The van der Waals surface area contributed by atoms with Crippen molar-refractivity contribution in [3.63, 3.8) is 0 Å². The zero-order chi connectivity index (χ0) is 18.1. The Labute approximate surface area is 142 Å². The highest BCUT2D eigenvalue weighted by molar-refractivity contribution is 9.10. The Bertz CT molecular complexity index is 787. The Morgan fingerprint density at radius 2 is 1.79 bits per heavy atom. The summed E-state index contributed by atoms with van der Waals surface area (Å²) < 4.78 is 72.3. The molecular formula is C15H10BrF5N2O. The topological polar surface area (TPSA) is 38.0 Å². The van der Waals surface area contributed by atoms with E-state index in [1.807, 2.05) is 0 Å².